The highest BCUT2D eigenvalue weighted by Crippen LogP contribution is 2.28. The first-order valence-electron chi connectivity index (χ1n) is 9.96. The third-order valence-electron chi connectivity index (χ3n) is 5.55. The van der Waals surface area contributed by atoms with Crippen LogP contribution in [0, 0.1) is 25.7 Å². The number of aryl methyl sites for hydroxylation is 2. The topological polar surface area (TPSA) is 111 Å². The Morgan fingerprint density at radius 3 is 2.47 bits per heavy atom. The quantitative estimate of drug-likeness (QED) is 0.527. The molecule has 2 fully saturated rings. The van der Waals surface area contributed by atoms with E-state index in [4.69, 9.17) is 0 Å². The van der Waals surface area contributed by atoms with Gasteiger partial charge in [-0.05, 0) is 37.6 Å². The van der Waals surface area contributed by atoms with Crippen molar-refractivity contribution in [3.05, 3.63) is 59.7 Å². The van der Waals surface area contributed by atoms with Gasteiger partial charge in [0, 0.05) is 17.8 Å². The van der Waals surface area contributed by atoms with E-state index in [0.29, 0.717) is 5.69 Å². The number of carbonyl (C=O) groups excluding carboxylic acids is 3. The van der Waals surface area contributed by atoms with Crippen LogP contribution in [0.3, 0.4) is 0 Å². The van der Waals surface area contributed by atoms with Crippen molar-refractivity contribution in [2.45, 2.75) is 32.7 Å². The van der Waals surface area contributed by atoms with Crippen molar-refractivity contribution < 1.29 is 14.4 Å². The Hall–Kier alpha value is -3.39. The molecule has 2 aromatic carbocycles. The van der Waals surface area contributed by atoms with Crippen LogP contribution in [-0.2, 0) is 14.4 Å². The van der Waals surface area contributed by atoms with E-state index in [0.717, 1.165) is 16.8 Å². The molecule has 0 aliphatic carbocycles. The van der Waals surface area contributed by atoms with Gasteiger partial charge in [-0.25, -0.2) is 0 Å². The molecule has 30 heavy (non-hydrogen) atoms. The smallest absolute Gasteiger partial charge is 0.229 e. The van der Waals surface area contributed by atoms with E-state index in [1.54, 1.807) is 6.07 Å². The summed E-state index contributed by atoms with van der Waals surface area (Å²) in [6, 6.07) is 15.1. The maximum atomic E-state index is 13.0. The van der Waals surface area contributed by atoms with Gasteiger partial charge in [-0.2, -0.15) is 0 Å². The molecule has 0 spiro atoms. The Labute approximate surface area is 174 Å². The Bertz CT molecular complexity index is 975. The molecule has 5 N–H and O–H groups in total. The van der Waals surface area contributed by atoms with Crippen molar-refractivity contribution in [1.82, 2.24) is 16.0 Å². The predicted molar refractivity (Wildman–Crippen MR) is 113 cm³/mol. The van der Waals surface area contributed by atoms with Gasteiger partial charge >= 0.3 is 0 Å². The molecule has 4 atom stereocenters. The molecule has 4 unspecified atom stereocenters. The monoisotopic (exact) mass is 407 g/mol. The molecule has 0 aromatic heterocycles. The Kier molecular flexibility index (Phi) is 5.41. The first kappa shape index (κ1) is 19.9. The van der Waals surface area contributed by atoms with E-state index in [-0.39, 0.29) is 24.1 Å². The lowest BCUT2D eigenvalue weighted by molar-refractivity contribution is -0.144. The number of rotatable bonds is 4. The van der Waals surface area contributed by atoms with Gasteiger partial charge < -0.3 is 21.3 Å². The Morgan fingerprint density at radius 2 is 1.73 bits per heavy atom. The Balaban J connectivity index is 1.49. The Morgan fingerprint density at radius 1 is 1.00 bits per heavy atom. The third-order valence-corrected chi connectivity index (χ3v) is 5.55. The maximum Gasteiger partial charge on any atom is 0.229 e. The molecule has 2 saturated heterocycles. The maximum absolute atomic E-state index is 13.0. The van der Waals surface area contributed by atoms with Gasteiger partial charge in [0.1, 0.15) is 0 Å². The zero-order valence-corrected chi connectivity index (χ0v) is 16.9. The van der Waals surface area contributed by atoms with Crippen LogP contribution in [0.1, 0.15) is 17.5 Å². The molecule has 2 aliphatic heterocycles. The number of piperidine rings is 1. The van der Waals surface area contributed by atoms with Crippen molar-refractivity contribution in [1.29, 1.82) is 0 Å². The lowest BCUT2D eigenvalue weighted by Gasteiger charge is -2.43. The zero-order valence-electron chi connectivity index (χ0n) is 16.9. The highest BCUT2D eigenvalue weighted by molar-refractivity contribution is 6.00. The minimum Gasteiger partial charge on any atom is -0.353 e. The van der Waals surface area contributed by atoms with Crippen molar-refractivity contribution in [3.63, 3.8) is 0 Å². The molecule has 2 aliphatic rings. The van der Waals surface area contributed by atoms with E-state index >= 15 is 0 Å². The molecule has 0 saturated carbocycles. The highest BCUT2D eigenvalue weighted by atomic mass is 16.2. The fraction of sp³-hybridized carbons (Fsp3) is 0.318. The molecule has 2 aromatic rings. The molecular weight excluding hydrogens is 382 g/mol. The molecule has 0 radical (unpaired) electrons. The van der Waals surface area contributed by atoms with E-state index in [9.17, 15) is 14.4 Å². The average molecular weight is 407 g/mol. The molecule has 8 nitrogen and oxygen atoms in total. The second-order valence-electron chi connectivity index (χ2n) is 7.80. The normalized spacial score (nSPS) is 25.5. The molecule has 2 heterocycles. The van der Waals surface area contributed by atoms with Gasteiger partial charge in [0.05, 0.1) is 18.0 Å². The number of benzene rings is 2. The van der Waals surface area contributed by atoms with Crippen LogP contribution in [-0.4, -0.2) is 30.2 Å². The SMILES string of the molecule is Cc1ccc(NC2NC(=O)C3C(NC(=O)CC3C(=O)Nc3ccccc3C)N2)cc1. The number of para-hydroxylation sites is 1. The van der Waals surface area contributed by atoms with Gasteiger partial charge in [-0.3, -0.25) is 19.7 Å². The van der Waals surface area contributed by atoms with E-state index in [1.165, 1.54) is 0 Å². The van der Waals surface area contributed by atoms with Crippen LogP contribution in [0.4, 0.5) is 11.4 Å². The van der Waals surface area contributed by atoms with E-state index < -0.39 is 24.3 Å². The van der Waals surface area contributed by atoms with Crippen LogP contribution in [0.15, 0.2) is 48.5 Å². The predicted octanol–water partition coefficient (Wildman–Crippen LogP) is 1.44. The lowest BCUT2D eigenvalue weighted by Crippen LogP contribution is -2.72. The lowest BCUT2D eigenvalue weighted by atomic mass is 9.81. The third kappa shape index (κ3) is 4.13. The van der Waals surface area contributed by atoms with Crippen molar-refractivity contribution >= 4 is 29.1 Å². The second-order valence-corrected chi connectivity index (χ2v) is 7.80. The molecule has 0 bridgehead atoms. The van der Waals surface area contributed by atoms with Crippen LogP contribution < -0.4 is 26.6 Å². The van der Waals surface area contributed by atoms with Crippen molar-refractivity contribution in [3.8, 4) is 0 Å². The number of carbonyl (C=O) groups is 3. The standard InChI is InChI=1S/C22H25N5O3/c1-12-7-9-14(10-8-12)23-22-26-19-18(21(30)27-22)15(11-17(28)25-19)20(29)24-16-6-4-3-5-13(16)2/h3-10,15,18-19,22-23,26H,11H2,1-2H3,(H,24,29)(H,25,28)(H,27,30). The van der Waals surface area contributed by atoms with Crippen LogP contribution in [0.2, 0.25) is 0 Å². The number of nitrogens with one attached hydrogen (secondary N) is 5. The van der Waals surface area contributed by atoms with Gasteiger partial charge in [-0.1, -0.05) is 35.9 Å². The summed E-state index contributed by atoms with van der Waals surface area (Å²) < 4.78 is 0. The van der Waals surface area contributed by atoms with Gasteiger partial charge in [0.25, 0.3) is 0 Å². The summed E-state index contributed by atoms with van der Waals surface area (Å²) in [5.74, 6) is -2.36. The molecule has 3 amide bonds. The summed E-state index contributed by atoms with van der Waals surface area (Å²) in [5, 5.41) is 14.9. The van der Waals surface area contributed by atoms with Crippen molar-refractivity contribution in [2.24, 2.45) is 11.8 Å². The zero-order chi connectivity index (χ0) is 21.3. The first-order valence-corrected chi connectivity index (χ1v) is 9.96. The van der Waals surface area contributed by atoms with Crippen LogP contribution in [0.5, 0.6) is 0 Å². The number of fused-ring (bicyclic) bond motifs is 1. The second kappa shape index (κ2) is 8.16. The average Bonchev–Trinajstić information content (AvgIpc) is 2.70. The van der Waals surface area contributed by atoms with Crippen molar-refractivity contribution in [2.75, 3.05) is 10.6 Å². The van der Waals surface area contributed by atoms with Crippen LogP contribution >= 0.6 is 0 Å². The van der Waals surface area contributed by atoms with Gasteiger partial charge in [0.15, 0.2) is 6.29 Å². The number of hydrogen-bond donors (Lipinski definition) is 5. The summed E-state index contributed by atoms with van der Waals surface area (Å²) in [6.45, 7) is 3.89. The number of anilines is 2. The van der Waals surface area contributed by atoms with Gasteiger partial charge in [0.2, 0.25) is 17.7 Å². The number of hydrogen-bond acceptors (Lipinski definition) is 5. The van der Waals surface area contributed by atoms with Crippen LogP contribution in [0.25, 0.3) is 0 Å². The minimum atomic E-state index is -0.767. The largest absolute Gasteiger partial charge is 0.353 e. The van der Waals surface area contributed by atoms with Gasteiger partial charge in [-0.15, -0.1) is 0 Å². The first-order chi connectivity index (χ1) is 14.4. The van der Waals surface area contributed by atoms with E-state index in [1.807, 2.05) is 56.3 Å². The molecule has 8 heteroatoms. The molecule has 4 rings (SSSR count). The fourth-order valence-corrected chi connectivity index (χ4v) is 3.91. The summed E-state index contributed by atoms with van der Waals surface area (Å²) in [5.41, 5.74) is 3.54. The fourth-order valence-electron chi connectivity index (χ4n) is 3.91. The number of amides is 3. The molecule has 156 valence electrons. The van der Waals surface area contributed by atoms with E-state index in [2.05, 4.69) is 26.6 Å². The summed E-state index contributed by atoms with van der Waals surface area (Å²) >= 11 is 0. The molecular formula is C22H25N5O3. The minimum absolute atomic E-state index is 0.0377. The summed E-state index contributed by atoms with van der Waals surface area (Å²) in [6.07, 6.45) is -1.25. The summed E-state index contributed by atoms with van der Waals surface area (Å²) in [7, 11) is 0. The highest BCUT2D eigenvalue weighted by Gasteiger charge is 2.48. The summed E-state index contributed by atoms with van der Waals surface area (Å²) in [4.78, 5) is 38.1.